The first-order valence-corrected chi connectivity index (χ1v) is 4.03. The summed E-state index contributed by atoms with van der Waals surface area (Å²) >= 11 is 5.45. The third-order valence-corrected chi connectivity index (χ3v) is 1.66. The molecule has 6 heteroatoms. The molecule has 0 radical (unpaired) electrons. The molecule has 0 amide bonds. The number of aromatic nitrogens is 3. The van der Waals surface area contributed by atoms with Crippen LogP contribution in [-0.4, -0.2) is 15.2 Å². The average Bonchev–Trinajstić information content (AvgIpc) is 2.65. The quantitative estimate of drug-likeness (QED) is 0.709. The van der Waals surface area contributed by atoms with Crippen LogP contribution in [0, 0.1) is 11.3 Å². The van der Waals surface area contributed by atoms with Crippen LogP contribution in [0.1, 0.15) is 5.56 Å². The molecule has 0 bridgehead atoms. The van der Waals surface area contributed by atoms with Crippen molar-refractivity contribution in [3.05, 3.63) is 29.2 Å². The molecule has 0 unspecified atom stereocenters. The molecule has 2 aromatic heterocycles. The Labute approximate surface area is 84.0 Å². The zero-order chi connectivity index (χ0) is 9.97. The van der Waals surface area contributed by atoms with E-state index in [4.69, 9.17) is 21.3 Å². The maximum Gasteiger partial charge on any atom is 0.313 e. The highest BCUT2D eigenvalue weighted by Gasteiger charge is 2.07. The van der Waals surface area contributed by atoms with Crippen LogP contribution in [0.3, 0.4) is 0 Å². The first-order valence-electron chi connectivity index (χ1n) is 3.65. The molecule has 0 aromatic carbocycles. The zero-order valence-corrected chi connectivity index (χ0v) is 7.56. The maximum atomic E-state index is 8.54. The van der Waals surface area contributed by atoms with Crippen molar-refractivity contribution in [2.45, 2.75) is 0 Å². The maximum absolute atomic E-state index is 8.54. The average molecular weight is 207 g/mol. The van der Waals surface area contributed by atoms with E-state index < -0.39 is 0 Å². The van der Waals surface area contributed by atoms with Gasteiger partial charge in [0.2, 0.25) is 0 Å². The Bertz CT molecular complexity index is 485. The highest BCUT2D eigenvalue weighted by molar-refractivity contribution is 6.27. The summed E-state index contributed by atoms with van der Waals surface area (Å²) in [5, 5.41) is 15.6. The number of hydrogen-bond acceptors (Lipinski definition) is 5. The second-order valence-corrected chi connectivity index (χ2v) is 2.73. The lowest BCUT2D eigenvalue weighted by molar-refractivity contribution is 0.568. The lowest BCUT2D eigenvalue weighted by Gasteiger charge is -1.91. The van der Waals surface area contributed by atoms with Crippen molar-refractivity contribution in [2.24, 2.45) is 0 Å². The van der Waals surface area contributed by atoms with E-state index in [0.717, 1.165) is 0 Å². The lowest BCUT2D eigenvalue weighted by atomic mass is 10.3. The lowest BCUT2D eigenvalue weighted by Crippen LogP contribution is -1.84. The van der Waals surface area contributed by atoms with Gasteiger partial charge in [-0.3, -0.25) is 0 Å². The summed E-state index contributed by atoms with van der Waals surface area (Å²) in [4.78, 5) is 3.96. The number of hydrogen-bond donors (Lipinski definition) is 0. The minimum atomic E-state index is -0.0360. The van der Waals surface area contributed by atoms with Crippen molar-refractivity contribution < 1.29 is 4.42 Å². The normalized spacial score (nSPS) is 9.71. The van der Waals surface area contributed by atoms with Crippen molar-refractivity contribution in [3.63, 3.8) is 0 Å². The summed E-state index contributed by atoms with van der Waals surface area (Å²) in [5.41, 5.74) is 0.961. The zero-order valence-electron chi connectivity index (χ0n) is 6.81. The summed E-state index contributed by atoms with van der Waals surface area (Å²) in [6.07, 6.45) is 1.42. The number of halogens is 1. The summed E-state index contributed by atoms with van der Waals surface area (Å²) in [6, 6.07) is 5.18. The van der Waals surface area contributed by atoms with E-state index in [1.54, 1.807) is 12.1 Å². The van der Waals surface area contributed by atoms with Crippen molar-refractivity contribution in [3.8, 4) is 17.7 Å². The highest BCUT2D eigenvalue weighted by Crippen LogP contribution is 2.17. The van der Waals surface area contributed by atoms with Crippen LogP contribution in [0.4, 0.5) is 0 Å². The van der Waals surface area contributed by atoms with Crippen molar-refractivity contribution in [2.75, 3.05) is 0 Å². The topological polar surface area (TPSA) is 75.6 Å². The molecule has 0 aliphatic rings. The van der Waals surface area contributed by atoms with Crippen molar-refractivity contribution >= 4 is 11.6 Å². The molecule has 0 atom stereocenters. The van der Waals surface area contributed by atoms with Crippen molar-refractivity contribution in [1.82, 2.24) is 15.2 Å². The molecule has 0 spiro atoms. The third kappa shape index (κ3) is 1.56. The second kappa shape index (κ2) is 3.44. The molecule has 5 nitrogen and oxygen atoms in total. The van der Waals surface area contributed by atoms with Gasteiger partial charge >= 0.3 is 5.35 Å². The highest BCUT2D eigenvalue weighted by atomic mass is 35.5. The van der Waals surface area contributed by atoms with Gasteiger partial charge in [0.25, 0.3) is 5.89 Å². The van der Waals surface area contributed by atoms with E-state index in [9.17, 15) is 0 Å². The molecule has 0 N–H and O–H groups in total. The number of nitriles is 1. The van der Waals surface area contributed by atoms with Gasteiger partial charge in [0.15, 0.2) is 0 Å². The van der Waals surface area contributed by atoms with Gasteiger partial charge < -0.3 is 4.42 Å². The number of pyridine rings is 1. The number of rotatable bonds is 1. The summed E-state index contributed by atoms with van der Waals surface area (Å²) in [5.74, 6) is 0.236. The molecule has 2 rings (SSSR count). The van der Waals surface area contributed by atoms with Gasteiger partial charge in [-0.2, -0.15) is 5.26 Å². The Morgan fingerprint density at radius 1 is 1.36 bits per heavy atom. The molecule has 0 fully saturated rings. The summed E-state index contributed by atoms with van der Waals surface area (Å²) in [6.45, 7) is 0. The molecule has 0 saturated heterocycles. The van der Waals surface area contributed by atoms with Gasteiger partial charge in [-0.05, 0) is 23.7 Å². The standard InChI is InChI=1S/C8H3ClN4O/c9-8-13-12-7(14-8)6-2-1-5(3-10)4-11-6/h1-2,4H. The fourth-order valence-electron chi connectivity index (χ4n) is 0.895. The van der Waals surface area contributed by atoms with E-state index in [-0.39, 0.29) is 11.2 Å². The SMILES string of the molecule is N#Cc1ccc(-c2nnc(Cl)o2)nc1. The molecule has 0 aliphatic carbocycles. The molecular formula is C8H3ClN4O. The fraction of sp³-hybridized carbons (Fsp3) is 0. The van der Waals surface area contributed by atoms with Crippen LogP contribution in [0.15, 0.2) is 22.7 Å². The van der Waals surface area contributed by atoms with E-state index in [0.29, 0.717) is 11.3 Å². The molecule has 2 heterocycles. The van der Waals surface area contributed by atoms with Gasteiger partial charge in [0.05, 0.1) is 5.56 Å². The van der Waals surface area contributed by atoms with Crippen LogP contribution in [0.25, 0.3) is 11.6 Å². The van der Waals surface area contributed by atoms with E-state index in [2.05, 4.69) is 15.2 Å². The Morgan fingerprint density at radius 3 is 2.71 bits per heavy atom. The molecule has 68 valence electrons. The van der Waals surface area contributed by atoms with Gasteiger partial charge in [0.1, 0.15) is 11.8 Å². The van der Waals surface area contributed by atoms with Gasteiger partial charge in [-0.1, -0.05) is 5.10 Å². The van der Waals surface area contributed by atoms with Crippen LogP contribution in [-0.2, 0) is 0 Å². The first-order chi connectivity index (χ1) is 6.79. The van der Waals surface area contributed by atoms with Crippen LogP contribution in [0.2, 0.25) is 5.35 Å². The Hall–Kier alpha value is -1.93. The van der Waals surface area contributed by atoms with Crippen molar-refractivity contribution in [1.29, 1.82) is 5.26 Å². The largest absolute Gasteiger partial charge is 0.406 e. The van der Waals surface area contributed by atoms with Gasteiger partial charge in [-0.25, -0.2) is 4.98 Å². The predicted molar refractivity (Wildman–Crippen MR) is 47.3 cm³/mol. The van der Waals surface area contributed by atoms with E-state index in [1.165, 1.54) is 6.20 Å². The van der Waals surface area contributed by atoms with Crippen LogP contribution >= 0.6 is 11.6 Å². The summed E-state index contributed by atoms with van der Waals surface area (Å²) in [7, 11) is 0. The van der Waals surface area contributed by atoms with Crippen LogP contribution in [0.5, 0.6) is 0 Å². The Kier molecular flexibility index (Phi) is 2.13. The first kappa shape index (κ1) is 8.66. The second-order valence-electron chi connectivity index (χ2n) is 2.40. The Morgan fingerprint density at radius 2 is 2.21 bits per heavy atom. The fourth-order valence-corrected chi connectivity index (χ4v) is 1.01. The Balaban J connectivity index is 2.39. The minimum Gasteiger partial charge on any atom is -0.406 e. The van der Waals surface area contributed by atoms with E-state index >= 15 is 0 Å². The molecule has 0 saturated carbocycles. The molecular weight excluding hydrogens is 204 g/mol. The smallest absolute Gasteiger partial charge is 0.313 e. The van der Waals surface area contributed by atoms with Gasteiger partial charge in [-0.15, -0.1) is 5.10 Å². The third-order valence-electron chi connectivity index (χ3n) is 1.51. The molecule has 2 aromatic rings. The number of nitrogens with zero attached hydrogens (tertiary/aromatic N) is 4. The van der Waals surface area contributed by atoms with E-state index in [1.807, 2.05) is 6.07 Å². The summed E-state index contributed by atoms with van der Waals surface area (Å²) < 4.78 is 4.94. The minimum absolute atomic E-state index is 0.0360. The van der Waals surface area contributed by atoms with Crippen LogP contribution < -0.4 is 0 Å². The predicted octanol–water partition coefficient (Wildman–Crippen LogP) is 1.66. The molecule has 14 heavy (non-hydrogen) atoms. The van der Waals surface area contributed by atoms with Gasteiger partial charge in [0, 0.05) is 6.20 Å². The molecule has 0 aliphatic heterocycles. The monoisotopic (exact) mass is 206 g/mol.